The molecule has 1 atom stereocenters. The average molecular weight is 467 g/mol. The van der Waals surface area contributed by atoms with Crippen LogP contribution in [-0.4, -0.2) is 78.3 Å². The van der Waals surface area contributed by atoms with E-state index in [-0.39, 0.29) is 30.3 Å². The molecule has 1 aliphatic carbocycles. The molecule has 7 nitrogen and oxygen atoms in total. The van der Waals surface area contributed by atoms with Crippen molar-refractivity contribution < 1.29 is 14.3 Å². The van der Waals surface area contributed by atoms with E-state index in [9.17, 15) is 9.59 Å². The summed E-state index contributed by atoms with van der Waals surface area (Å²) in [5.41, 5.74) is 2.00. The van der Waals surface area contributed by atoms with Crippen molar-refractivity contribution in [2.45, 2.75) is 25.3 Å². The number of ether oxygens (including phenoxy) is 1. The minimum absolute atomic E-state index is 0.0736. The number of benzene rings is 1. The van der Waals surface area contributed by atoms with Crippen LogP contribution in [0.2, 0.25) is 0 Å². The van der Waals surface area contributed by atoms with Gasteiger partial charge < -0.3 is 9.64 Å². The van der Waals surface area contributed by atoms with E-state index in [0.29, 0.717) is 13.0 Å². The zero-order valence-corrected chi connectivity index (χ0v) is 19.6. The Balaban J connectivity index is 1.32. The molecule has 33 heavy (non-hydrogen) atoms. The number of carbonyl (C=O) groups excluding carboxylic acids is 2. The number of carbonyl (C=O) groups is 2. The first-order valence-corrected chi connectivity index (χ1v) is 12.6. The summed E-state index contributed by atoms with van der Waals surface area (Å²) in [5.74, 6) is 0.0667. The summed E-state index contributed by atoms with van der Waals surface area (Å²) < 4.78 is 5.43. The Morgan fingerprint density at radius 1 is 1.09 bits per heavy atom. The van der Waals surface area contributed by atoms with Crippen LogP contribution in [0.25, 0.3) is 0 Å². The summed E-state index contributed by atoms with van der Waals surface area (Å²) >= 11 is 1.64. The van der Waals surface area contributed by atoms with Gasteiger partial charge in [-0.2, -0.15) is 5.10 Å². The Morgan fingerprint density at radius 2 is 1.88 bits per heavy atom. The lowest BCUT2D eigenvalue weighted by molar-refractivity contribution is -0.142. The van der Waals surface area contributed by atoms with Crippen molar-refractivity contribution in [2.24, 2.45) is 11.0 Å². The quantitative estimate of drug-likeness (QED) is 0.600. The van der Waals surface area contributed by atoms with Gasteiger partial charge in [0.15, 0.2) is 0 Å². The maximum Gasteiger partial charge on any atom is 0.262 e. The number of morpholine rings is 1. The topological polar surface area (TPSA) is 65.5 Å². The van der Waals surface area contributed by atoms with Gasteiger partial charge in [0.2, 0.25) is 5.91 Å². The Bertz CT molecular complexity index is 984. The van der Waals surface area contributed by atoms with Crippen LogP contribution < -0.4 is 0 Å². The van der Waals surface area contributed by atoms with Crippen molar-refractivity contribution in [3.05, 3.63) is 58.3 Å². The third-order valence-electron chi connectivity index (χ3n) is 6.51. The number of thiophene rings is 1. The van der Waals surface area contributed by atoms with Gasteiger partial charge in [-0.25, -0.2) is 5.01 Å². The molecule has 8 heteroatoms. The van der Waals surface area contributed by atoms with Crippen LogP contribution in [-0.2, 0) is 14.3 Å². The van der Waals surface area contributed by atoms with Crippen molar-refractivity contribution in [2.75, 3.05) is 45.9 Å². The molecule has 1 aromatic heterocycles. The average Bonchev–Trinajstić information content (AvgIpc) is 3.37. The highest BCUT2D eigenvalue weighted by molar-refractivity contribution is 7.12. The van der Waals surface area contributed by atoms with E-state index in [1.807, 2.05) is 47.8 Å². The molecule has 2 amide bonds. The molecule has 1 aromatic carbocycles. The lowest BCUT2D eigenvalue weighted by Crippen LogP contribution is -2.47. The second kappa shape index (κ2) is 10.2. The van der Waals surface area contributed by atoms with Crippen LogP contribution in [0.3, 0.4) is 0 Å². The van der Waals surface area contributed by atoms with E-state index in [1.165, 1.54) is 0 Å². The highest BCUT2D eigenvalue weighted by Gasteiger charge is 2.38. The lowest BCUT2D eigenvalue weighted by atomic mass is 10.0. The van der Waals surface area contributed by atoms with Gasteiger partial charge in [-0.3, -0.25) is 14.5 Å². The summed E-state index contributed by atoms with van der Waals surface area (Å²) in [6.07, 6.45) is 2.54. The fourth-order valence-electron chi connectivity index (χ4n) is 4.44. The third kappa shape index (κ3) is 5.34. The lowest BCUT2D eigenvalue weighted by Gasteiger charge is -2.31. The van der Waals surface area contributed by atoms with E-state index in [2.05, 4.69) is 4.90 Å². The molecule has 3 heterocycles. The van der Waals surface area contributed by atoms with Crippen molar-refractivity contribution in [1.82, 2.24) is 14.8 Å². The molecule has 2 aliphatic heterocycles. The maximum absolute atomic E-state index is 13.5. The molecule has 1 unspecified atom stereocenters. The van der Waals surface area contributed by atoms with Crippen LogP contribution >= 0.6 is 11.3 Å². The van der Waals surface area contributed by atoms with E-state index < -0.39 is 0 Å². The first-order valence-electron chi connectivity index (χ1n) is 11.8. The van der Waals surface area contributed by atoms with E-state index in [4.69, 9.17) is 9.84 Å². The van der Waals surface area contributed by atoms with Gasteiger partial charge in [0, 0.05) is 38.5 Å². The number of hydrazone groups is 1. The Kier molecular flexibility index (Phi) is 6.85. The number of rotatable bonds is 8. The normalized spacial score (nSPS) is 21.2. The van der Waals surface area contributed by atoms with Gasteiger partial charge >= 0.3 is 0 Å². The summed E-state index contributed by atoms with van der Waals surface area (Å²) in [6, 6.07) is 14.0. The summed E-state index contributed by atoms with van der Waals surface area (Å²) in [4.78, 5) is 31.7. The molecule has 0 radical (unpaired) electrons. The van der Waals surface area contributed by atoms with Gasteiger partial charge in [0.25, 0.3) is 5.91 Å². The molecule has 1 saturated heterocycles. The summed E-state index contributed by atoms with van der Waals surface area (Å²) in [6.45, 7) is 4.59. The van der Waals surface area contributed by atoms with E-state index in [1.54, 1.807) is 21.2 Å². The molecule has 2 fully saturated rings. The van der Waals surface area contributed by atoms with Crippen LogP contribution in [0.4, 0.5) is 0 Å². The number of hydrogen-bond acceptors (Lipinski definition) is 6. The van der Waals surface area contributed by atoms with Crippen LogP contribution in [0.1, 0.15) is 35.7 Å². The first-order chi connectivity index (χ1) is 16.2. The SMILES string of the molecule is O=C(C1CC1)N(CCN1CCOCC1)CC(=O)N1N=C(c2cccs2)CC1c1ccccc1. The van der Waals surface area contributed by atoms with Crippen molar-refractivity contribution >= 4 is 28.9 Å². The molecule has 0 bridgehead atoms. The zero-order valence-electron chi connectivity index (χ0n) is 18.8. The van der Waals surface area contributed by atoms with Crippen molar-refractivity contribution in [1.29, 1.82) is 0 Å². The van der Waals surface area contributed by atoms with E-state index in [0.717, 1.165) is 61.8 Å². The second-order valence-corrected chi connectivity index (χ2v) is 9.83. The van der Waals surface area contributed by atoms with Crippen LogP contribution in [0, 0.1) is 5.92 Å². The summed E-state index contributed by atoms with van der Waals surface area (Å²) in [5, 5.41) is 8.40. The molecular weight excluding hydrogens is 436 g/mol. The van der Waals surface area contributed by atoms with Crippen LogP contribution in [0.15, 0.2) is 52.9 Å². The zero-order chi connectivity index (χ0) is 22.6. The molecule has 174 valence electrons. The number of nitrogens with zero attached hydrogens (tertiary/aromatic N) is 4. The molecule has 0 spiro atoms. The van der Waals surface area contributed by atoms with Crippen LogP contribution in [0.5, 0.6) is 0 Å². The first kappa shape index (κ1) is 22.3. The number of amides is 2. The van der Waals surface area contributed by atoms with Gasteiger partial charge in [0.05, 0.1) is 29.8 Å². The molecule has 2 aromatic rings. The van der Waals surface area contributed by atoms with Crippen molar-refractivity contribution in [3.63, 3.8) is 0 Å². The van der Waals surface area contributed by atoms with Gasteiger partial charge in [-0.1, -0.05) is 36.4 Å². The highest BCUT2D eigenvalue weighted by atomic mass is 32.1. The Hall–Kier alpha value is -2.55. The van der Waals surface area contributed by atoms with Gasteiger partial charge in [-0.15, -0.1) is 11.3 Å². The Morgan fingerprint density at radius 3 is 2.58 bits per heavy atom. The van der Waals surface area contributed by atoms with E-state index >= 15 is 0 Å². The monoisotopic (exact) mass is 466 g/mol. The smallest absolute Gasteiger partial charge is 0.262 e. The third-order valence-corrected chi connectivity index (χ3v) is 7.43. The summed E-state index contributed by atoms with van der Waals surface area (Å²) in [7, 11) is 0. The standard InChI is InChI=1S/C25H30N4O3S/c30-24(18-28(25(31)20-8-9-20)11-10-27-12-14-32-15-13-27)29-22(19-5-2-1-3-6-19)17-21(26-29)23-7-4-16-33-23/h1-7,16,20,22H,8-15,17-18H2. The Labute approximate surface area is 198 Å². The fourth-order valence-corrected chi connectivity index (χ4v) is 5.17. The predicted octanol–water partition coefficient (Wildman–Crippen LogP) is 3.00. The highest BCUT2D eigenvalue weighted by Crippen LogP contribution is 2.34. The number of hydrogen-bond donors (Lipinski definition) is 0. The molecule has 0 N–H and O–H groups in total. The maximum atomic E-state index is 13.5. The van der Waals surface area contributed by atoms with Gasteiger partial charge in [0.1, 0.15) is 6.54 Å². The molecular formula is C25H30N4O3S. The molecule has 3 aliphatic rings. The fraction of sp³-hybridized carbons (Fsp3) is 0.480. The molecule has 1 saturated carbocycles. The predicted molar refractivity (Wildman–Crippen MR) is 128 cm³/mol. The second-order valence-electron chi connectivity index (χ2n) is 8.88. The molecule has 5 rings (SSSR count). The minimum atomic E-state index is -0.145. The largest absolute Gasteiger partial charge is 0.379 e. The van der Waals surface area contributed by atoms with Gasteiger partial charge in [-0.05, 0) is 29.9 Å². The minimum Gasteiger partial charge on any atom is -0.379 e. The van der Waals surface area contributed by atoms with Crippen molar-refractivity contribution in [3.8, 4) is 0 Å².